The van der Waals surface area contributed by atoms with Gasteiger partial charge in [-0.2, -0.15) is 18.3 Å². The summed E-state index contributed by atoms with van der Waals surface area (Å²) >= 11 is 0. The molecule has 3 N–H and O–H groups in total. The van der Waals surface area contributed by atoms with Crippen LogP contribution in [0.5, 0.6) is 0 Å². The number of carbonyl (C=O) groups excluding carboxylic acids is 4. The highest BCUT2D eigenvalue weighted by Crippen LogP contribution is 2.47. The molecule has 2 fully saturated rings. The van der Waals surface area contributed by atoms with Crippen LogP contribution < -0.4 is 11.1 Å². The first-order valence-corrected chi connectivity index (χ1v) is 13.9. The highest BCUT2D eigenvalue weighted by atomic mass is 19.4. The Morgan fingerprint density at radius 3 is 2.53 bits per heavy atom. The molecule has 10 nitrogen and oxygen atoms in total. The summed E-state index contributed by atoms with van der Waals surface area (Å²) in [6.45, 7) is -0.0857. The van der Waals surface area contributed by atoms with Crippen LogP contribution in [-0.2, 0) is 26.0 Å². The molecule has 3 aromatic rings. The van der Waals surface area contributed by atoms with Gasteiger partial charge in [-0.3, -0.25) is 19.2 Å². The zero-order chi connectivity index (χ0) is 30.7. The molecule has 0 radical (unpaired) electrons. The molecule has 1 aromatic heterocycles. The van der Waals surface area contributed by atoms with Gasteiger partial charge in [0.1, 0.15) is 12.1 Å². The monoisotopic (exact) mass is 594 g/mol. The van der Waals surface area contributed by atoms with E-state index in [4.69, 9.17) is 5.73 Å². The van der Waals surface area contributed by atoms with Gasteiger partial charge in [0.15, 0.2) is 0 Å². The minimum absolute atomic E-state index is 0.0100. The van der Waals surface area contributed by atoms with Gasteiger partial charge in [-0.25, -0.2) is 4.68 Å². The number of aromatic nitrogens is 2. The standard InChI is InChI=1S/C30H29F3N6O4/c1-37(26(41)18-14-35-39(15-18)22-9-5-3-7-20(22)30(31,32)33)23(12-17-10-11-17)27(42)38-16-29(13-24(38)25(34)40)19-6-2-4-8-21(19)36-28(29)43/h2-9,14-15,17,23-24H,10-13,16H2,1H3,(H2,34,40)(H,36,43)/t23-,24-,29-/m0/s1. The highest BCUT2D eigenvalue weighted by Gasteiger charge is 2.58. The van der Waals surface area contributed by atoms with E-state index < -0.39 is 47.0 Å². The summed E-state index contributed by atoms with van der Waals surface area (Å²) in [7, 11) is 1.44. The van der Waals surface area contributed by atoms with E-state index in [1.165, 1.54) is 41.2 Å². The van der Waals surface area contributed by atoms with Gasteiger partial charge in [0.05, 0.1) is 28.4 Å². The number of primary amides is 1. The molecular formula is C30H29F3N6O4. The summed E-state index contributed by atoms with van der Waals surface area (Å²) in [5.74, 6) is -2.04. The molecular weight excluding hydrogens is 565 g/mol. The first-order valence-electron chi connectivity index (χ1n) is 13.9. The Balaban J connectivity index is 1.29. The fourth-order valence-corrected chi connectivity index (χ4v) is 6.23. The molecule has 13 heteroatoms. The average Bonchev–Trinajstić information content (AvgIpc) is 3.39. The number of amides is 4. The van der Waals surface area contributed by atoms with Crippen molar-refractivity contribution >= 4 is 29.3 Å². The van der Waals surface area contributed by atoms with Gasteiger partial charge in [-0.05, 0) is 42.5 Å². The van der Waals surface area contributed by atoms with Gasteiger partial charge in [-0.1, -0.05) is 43.2 Å². The molecule has 1 saturated heterocycles. The van der Waals surface area contributed by atoms with Crippen LogP contribution >= 0.6 is 0 Å². The van der Waals surface area contributed by atoms with Gasteiger partial charge in [-0.15, -0.1) is 0 Å². The molecule has 1 spiro atoms. The number of benzene rings is 2. The number of nitrogens with zero attached hydrogens (tertiary/aromatic N) is 4. The summed E-state index contributed by atoms with van der Waals surface area (Å²) in [6.07, 6.45) is -0.208. The number of nitrogens with two attached hydrogens (primary N) is 1. The van der Waals surface area contributed by atoms with Gasteiger partial charge in [0, 0.05) is 25.5 Å². The van der Waals surface area contributed by atoms with Crippen molar-refractivity contribution in [3.63, 3.8) is 0 Å². The van der Waals surface area contributed by atoms with Crippen molar-refractivity contribution in [3.05, 3.63) is 77.6 Å². The number of likely N-dealkylation sites (N-methyl/N-ethyl adjacent to an activating group) is 1. The lowest BCUT2D eigenvalue weighted by Crippen LogP contribution is -2.53. The largest absolute Gasteiger partial charge is 0.418 e. The summed E-state index contributed by atoms with van der Waals surface area (Å²) in [4.78, 5) is 56.2. The van der Waals surface area contributed by atoms with Gasteiger partial charge >= 0.3 is 6.18 Å². The van der Waals surface area contributed by atoms with E-state index in [0.717, 1.165) is 29.8 Å². The fourth-order valence-electron chi connectivity index (χ4n) is 6.23. The summed E-state index contributed by atoms with van der Waals surface area (Å²) < 4.78 is 41.7. The number of likely N-dealkylation sites (tertiary alicyclic amines) is 1. The quantitative estimate of drug-likeness (QED) is 0.434. The third-order valence-corrected chi connectivity index (χ3v) is 8.71. The summed E-state index contributed by atoms with van der Waals surface area (Å²) in [6, 6.07) is 9.89. The first kappa shape index (κ1) is 28.4. The van der Waals surface area contributed by atoms with Crippen LogP contribution in [-0.4, -0.2) is 68.9 Å². The number of anilines is 1. The number of hydrogen-bond donors (Lipinski definition) is 2. The number of nitrogens with one attached hydrogen (secondary N) is 1. The molecule has 3 atom stereocenters. The maximum atomic E-state index is 14.2. The van der Waals surface area contributed by atoms with Crippen molar-refractivity contribution in [1.82, 2.24) is 19.6 Å². The third-order valence-electron chi connectivity index (χ3n) is 8.71. The van der Waals surface area contributed by atoms with Crippen molar-refractivity contribution in [2.24, 2.45) is 11.7 Å². The Bertz CT molecular complexity index is 1630. The van der Waals surface area contributed by atoms with Crippen LogP contribution in [0.4, 0.5) is 18.9 Å². The number of alkyl halides is 3. The van der Waals surface area contributed by atoms with Gasteiger partial charge in [0.2, 0.25) is 17.7 Å². The molecule has 3 aliphatic rings. The molecule has 6 rings (SSSR count). The van der Waals surface area contributed by atoms with E-state index in [-0.39, 0.29) is 36.0 Å². The smallest absolute Gasteiger partial charge is 0.368 e. The SMILES string of the molecule is CN(C(=O)c1cnn(-c2ccccc2C(F)(F)F)c1)[C@@H](CC1CC1)C(=O)N1C[C@]2(C[C@H]1C(N)=O)C(=O)Nc1ccccc12. The van der Waals surface area contributed by atoms with E-state index in [2.05, 4.69) is 10.4 Å². The Kier molecular flexibility index (Phi) is 6.78. The minimum Gasteiger partial charge on any atom is -0.368 e. The maximum Gasteiger partial charge on any atom is 0.418 e. The number of para-hydroxylation sites is 2. The van der Waals surface area contributed by atoms with Crippen LogP contribution in [0.25, 0.3) is 5.69 Å². The second-order valence-electron chi connectivity index (χ2n) is 11.5. The molecule has 3 heterocycles. The Labute approximate surface area is 244 Å². The molecule has 4 amide bonds. The lowest BCUT2D eigenvalue weighted by atomic mass is 9.79. The van der Waals surface area contributed by atoms with Crippen LogP contribution in [0.3, 0.4) is 0 Å². The maximum absolute atomic E-state index is 14.2. The van der Waals surface area contributed by atoms with Gasteiger partial charge in [0.25, 0.3) is 5.91 Å². The lowest BCUT2D eigenvalue weighted by Gasteiger charge is -2.33. The number of hydrogen-bond acceptors (Lipinski definition) is 5. The number of fused-ring (bicyclic) bond motifs is 2. The van der Waals surface area contributed by atoms with Crippen molar-refractivity contribution in [3.8, 4) is 5.69 Å². The fraction of sp³-hybridized carbons (Fsp3) is 0.367. The van der Waals surface area contributed by atoms with Crippen LogP contribution in [0.1, 0.15) is 47.2 Å². The predicted octanol–water partition coefficient (Wildman–Crippen LogP) is 3.11. The van der Waals surface area contributed by atoms with E-state index in [9.17, 15) is 32.3 Å². The number of carbonyl (C=O) groups is 4. The van der Waals surface area contributed by atoms with Crippen molar-refractivity contribution in [2.75, 3.05) is 18.9 Å². The summed E-state index contributed by atoms with van der Waals surface area (Å²) in [5.41, 5.74) is 4.70. The minimum atomic E-state index is -4.63. The normalized spacial score (nSPS) is 21.9. The Hall–Kier alpha value is -4.68. The molecule has 0 unspecified atom stereocenters. The number of halogens is 3. The van der Waals surface area contributed by atoms with Crippen LogP contribution in [0, 0.1) is 5.92 Å². The predicted molar refractivity (Wildman–Crippen MR) is 148 cm³/mol. The van der Waals surface area contributed by atoms with Crippen molar-refractivity contribution < 1.29 is 32.3 Å². The molecule has 2 aromatic carbocycles. The van der Waals surface area contributed by atoms with E-state index >= 15 is 0 Å². The topological polar surface area (TPSA) is 131 Å². The average molecular weight is 595 g/mol. The molecule has 2 aliphatic heterocycles. The Morgan fingerprint density at radius 2 is 1.84 bits per heavy atom. The first-order chi connectivity index (χ1) is 20.4. The molecule has 224 valence electrons. The Morgan fingerprint density at radius 1 is 1.14 bits per heavy atom. The number of rotatable bonds is 7. The third kappa shape index (κ3) is 4.92. The second kappa shape index (κ2) is 10.2. The van der Waals surface area contributed by atoms with Gasteiger partial charge < -0.3 is 20.9 Å². The molecule has 43 heavy (non-hydrogen) atoms. The van der Waals surface area contributed by atoms with Crippen LogP contribution in [0.2, 0.25) is 0 Å². The molecule has 0 bridgehead atoms. The van der Waals surface area contributed by atoms with E-state index in [0.29, 0.717) is 17.7 Å². The second-order valence-corrected chi connectivity index (χ2v) is 11.5. The zero-order valence-corrected chi connectivity index (χ0v) is 23.2. The van der Waals surface area contributed by atoms with Crippen LogP contribution in [0.15, 0.2) is 60.9 Å². The zero-order valence-electron chi connectivity index (χ0n) is 23.2. The highest BCUT2D eigenvalue weighted by molar-refractivity contribution is 6.08. The van der Waals surface area contributed by atoms with E-state index in [1.807, 2.05) is 0 Å². The molecule has 1 aliphatic carbocycles. The summed E-state index contributed by atoms with van der Waals surface area (Å²) in [5, 5.41) is 6.84. The van der Waals surface area contributed by atoms with E-state index in [1.54, 1.807) is 24.3 Å². The van der Waals surface area contributed by atoms with Crippen molar-refractivity contribution in [2.45, 2.75) is 49.4 Å². The lowest BCUT2D eigenvalue weighted by molar-refractivity contribution is -0.141. The molecule has 1 saturated carbocycles. The van der Waals surface area contributed by atoms with Crippen molar-refractivity contribution in [1.29, 1.82) is 0 Å².